The van der Waals surface area contributed by atoms with Gasteiger partial charge in [0.25, 0.3) is 0 Å². The van der Waals surface area contributed by atoms with Crippen LogP contribution in [-0.4, -0.2) is 58.7 Å². The van der Waals surface area contributed by atoms with Crippen LogP contribution in [-0.2, 0) is 20.2 Å². The first-order valence-corrected chi connectivity index (χ1v) is 17.3. The van der Waals surface area contributed by atoms with E-state index >= 15 is 0 Å². The Balaban J connectivity index is 1.78. The molecule has 0 aliphatic carbocycles. The number of benzene rings is 2. The third-order valence-corrected chi connectivity index (χ3v) is 14.2. The maximum absolute atomic E-state index is 13.3. The zero-order valence-electron chi connectivity index (χ0n) is 21.6. The average Bonchev–Trinajstić information content (AvgIpc) is 3.21. The van der Waals surface area contributed by atoms with Gasteiger partial charge in [0.2, 0.25) is 10.0 Å². The van der Waals surface area contributed by atoms with Crippen molar-refractivity contribution in [2.24, 2.45) is 0 Å². The van der Waals surface area contributed by atoms with E-state index in [1.807, 2.05) is 18.2 Å². The van der Waals surface area contributed by atoms with E-state index < -0.39 is 18.3 Å². The Morgan fingerprint density at radius 2 is 1.80 bits per heavy atom. The van der Waals surface area contributed by atoms with Gasteiger partial charge in [-0.3, -0.25) is 4.90 Å². The molecule has 0 aromatic heterocycles. The maximum Gasteiger partial charge on any atom is 0.218 e. The topological polar surface area (TPSA) is 49.9 Å². The number of halogens is 2. The molecule has 0 N–H and O–H groups in total. The highest BCUT2D eigenvalue weighted by Gasteiger charge is 2.41. The highest BCUT2D eigenvalue weighted by molar-refractivity contribution is 7.88. The molecule has 1 heterocycles. The Bertz CT molecular complexity index is 1110. The monoisotopic (exact) mass is 556 g/mol. The van der Waals surface area contributed by atoms with Crippen LogP contribution in [0.4, 0.5) is 0 Å². The van der Waals surface area contributed by atoms with Crippen molar-refractivity contribution < 1.29 is 12.8 Å². The van der Waals surface area contributed by atoms with Crippen molar-refractivity contribution in [3.8, 4) is 0 Å². The van der Waals surface area contributed by atoms with E-state index in [-0.39, 0.29) is 22.9 Å². The van der Waals surface area contributed by atoms with Gasteiger partial charge in [0.15, 0.2) is 8.32 Å². The highest BCUT2D eigenvalue weighted by Crippen LogP contribution is 2.39. The quantitative estimate of drug-likeness (QED) is 0.327. The molecule has 2 aromatic rings. The molecule has 0 bridgehead atoms. The van der Waals surface area contributed by atoms with Crippen LogP contribution in [0.2, 0.25) is 28.2 Å². The molecule has 2 aromatic carbocycles. The lowest BCUT2D eigenvalue weighted by molar-refractivity contribution is 0.156. The van der Waals surface area contributed by atoms with Crippen molar-refractivity contribution in [1.82, 2.24) is 9.21 Å². The first-order chi connectivity index (χ1) is 16.2. The molecule has 0 saturated carbocycles. The molecule has 1 aliphatic rings. The molecule has 3 rings (SSSR count). The lowest BCUT2D eigenvalue weighted by atomic mass is 10.1. The molecule has 0 radical (unpaired) electrons. The second-order valence-corrected chi connectivity index (χ2v) is 18.7. The smallest absolute Gasteiger partial charge is 0.218 e. The summed E-state index contributed by atoms with van der Waals surface area (Å²) in [6.07, 6.45) is 1.11. The molecule has 2 atom stereocenters. The summed E-state index contributed by atoms with van der Waals surface area (Å²) in [5.74, 6) is -0.193. The molecule has 0 spiro atoms. The van der Waals surface area contributed by atoms with Crippen LogP contribution in [0.1, 0.15) is 44.4 Å². The number of hydrogen-bond acceptors (Lipinski definition) is 4. The van der Waals surface area contributed by atoms with Gasteiger partial charge in [-0.25, -0.2) is 12.7 Å². The Hall–Kier alpha value is -0.933. The Labute approximate surface area is 222 Å². The molecule has 1 fully saturated rings. The van der Waals surface area contributed by atoms with Crippen LogP contribution in [0, 0.1) is 0 Å². The molecular formula is C26H38Cl2N2O3SSi. The van der Waals surface area contributed by atoms with E-state index in [4.69, 9.17) is 27.6 Å². The normalized spacial score (nSPS) is 18.8. The van der Waals surface area contributed by atoms with Crippen molar-refractivity contribution >= 4 is 41.5 Å². The summed E-state index contributed by atoms with van der Waals surface area (Å²) in [5, 5.41) is 1.01. The van der Waals surface area contributed by atoms with Crippen LogP contribution in [0.15, 0.2) is 48.5 Å². The van der Waals surface area contributed by atoms with E-state index in [9.17, 15) is 8.42 Å². The van der Waals surface area contributed by atoms with Gasteiger partial charge in [-0.2, -0.15) is 0 Å². The Kier molecular flexibility index (Phi) is 9.17. The van der Waals surface area contributed by atoms with Gasteiger partial charge in [0.1, 0.15) is 0 Å². The van der Waals surface area contributed by atoms with E-state index in [1.165, 1.54) is 4.31 Å². The van der Waals surface area contributed by atoms with E-state index in [0.717, 1.165) is 25.1 Å². The molecule has 0 unspecified atom stereocenters. The molecule has 5 nitrogen and oxygen atoms in total. The van der Waals surface area contributed by atoms with Crippen LogP contribution >= 0.6 is 23.2 Å². The minimum atomic E-state index is -3.61. The third-order valence-electron chi connectivity index (χ3n) is 7.32. The third kappa shape index (κ3) is 7.31. The first kappa shape index (κ1) is 28.6. The molecule has 1 aliphatic heterocycles. The molecular weight excluding hydrogens is 519 g/mol. The van der Waals surface area contributed by atoms with E-state index in [0.29, 0.717) is 22.2 Å². The minimum Gasteiger partial charge on any atom is -0.413 e. The minimum absolute atomic E-state index is 0.0705. The number of hydrogen-bond donors (Lipinski definition) is 0. The van der Waals surface area contributed by atoms with Crippen LogP contribution < -0.4 is 0 Å². The largest absolute Gasteiger partial charge is 0.413 e. The zero-order chi connectivity index (χ0) is 26.0. The summed E-state index contributed by atoms with van der Waals surface area (Å²) in [6, 6.07) is 15.0. The average molecular weight is 558 g/mol. The molecule has 194 valence electrons. The SMILES string of the molecule is CN(C[C@@H](c1ccccc1)N1CC[C@H](O[Si](C)(C)C(C)(C)C)C1)S(=O)(=O)Cc1cc(Cl)ccc1Cl. The van der Waals surface area contributed by atoms with E-state index in [1.54, 1.807) is 25.2 Å². The van der Waals surface area contributed by atoms with Gasteiger partial charge in [-0.1, -0.05) is 74.3 Å². The van der Waals surface area contributed by atoms with Crippen molar-refractivity contribution in [3.63, 3.8) is 0 Å². The van der Waals surface area contributed by atoms with Gasteiger partial charge >= 0.3 is 0 Å². The molecule has 9 heteroatoms. The second-order valence-electron chi connectivity index (χ2n) is 11.0. The predicted molar refractivity (Wildman–Crippen MR) is 149 cm³/mol. The molecule has 1 saturated heterocycles. The summed E-state index contributed by atoms with van der Waals surface area (Å²) in [4.78, 5) is 2.37. The molecule has 0 amide bonds. The highest BCUT2D eigenvalue weighted by atomic mass is 35.5. The number of likely N-dealkylation sites (N-methyl/N-ethyl adjacent to an activating group) is 1. The zero-order valence-corrected chi connectivity index (χ0v) is 24.9. The Morgan fingerprint density at radius 3 is 2.43 bits per heavy atom. The van der Waals surface area contributed by atoms with Gasteiger partial charge in [-0.05, 0) is 53.9 Å². The summed E-state index contributed by atoms with van der Waals surface area (Å²) in [6.45, 7) is 13.3. The number of likely N-dealkylation sites (tertiary alicyclic amines) is 1. The number of rotatable bonds is 9. The summed E-state index contributed by atoms with van der Waals surface area (Å²) in [7, 11) is -3.85. The van der Waals surface area contributed by atoms with Gasteiger partial charge in [-0.15, -0.1) is 0 Å². The Morgan fingerprint density at radius 1 is 1.14 bits per heavy atom. The van der Waals surface area contributed by atoms with Crippen molar-refractivity contribution in [1.29, 1.82) is 0 Å². The lowest BCUT2D eigenvalue weighted by Gasteiger charge is -2.38. The predicted octanol–water partition coefficient (Wildman–Crippen LogP) is 6.59. The van der Waals surface area contributed by atoms with Gasteiger partial charge < -0.3 is 4.43 Å². The van der Waals surface area contributed by atoms with Gasteiger partial charge in [0.05, 0.1) is 11.9 Å². The number of nitrogens with zero attached hydrogens (tertiary/aromatic N) is 2. The fraction of sp³-hybridized carbons (Fsp3) is 0.538. The second kappa shape index (κ2) is 11.2. The maximum atomic E-state index is 13.3. The van der Waals surface area contributed by atoms with Crippen LogP contribution in [0.3, 0.4) is 0 Å². The summed E-state index contributed by atoms with van der Waals surface area (Å²) in [5.41, 5.74) is 1.61. The van der Waals surface area contributed by atoms with Crippen molar-refractivity contribution in [2.45, 2.75) is 63.2 Å². The fourth-order valence-corrected chi connectivity index (χ4v) is 7.21. The summed E-state index contributed by atoms with van der Waals surface area (Å²) >= 11 is 12.3. The number of sulfonamides is 1. The first-order valence-electron chi connectivity index (χ1n) is 12.0. The standard InChI is InChI=1S/C26H38Cl2N2O3SSi/c1-26(2,3)35(5,6)33-23-14-15-30(17-23)25(20-10-8-7-9-11-20)18-29(4)34(31,32)19-21-16-22(27)12-13-24(21)28/h7-13,16,23,25H,14-15,17-19H2,1-6H3/t23-,25-/m0/s1. The van der Waals surface area contributed by atoms with Crippen LogP contribution in [0.25, 0.3) is 0 Å². The van der Waals surface area contributed by atoms with Crippen LogP contribution in [0.5, 0.6) is 0 Å². The molecule has 35 heavy (non-hydrogen) atoms. The fourth-order valence-electron chi connectivity index (χ4n) is 4.15. The van der Waals surface area contributed by atoms with E-state index in [2.05, 4.69) is 50.9 Å². The summed E-state index contributed by atoms with van der Waals surface area (Å²) < 4.78 is 34.7. The van der Waals surface area contributed by atoms with Crippen molar-refractivity contribution in [3.05, 3.63) is 69.7 Å². The lowest BCUT2D eigenvalue weighted by Crippen LogP contribution is -2.45. The van der Waals surface area contributed by atoms with Gasteiger partial charge in [0, 0.05) is 42.8 Å². The van der Waals surface area contributed by atoms with Crippen molar-refractivity contribution in [2.75, 3.05) is 26.7 Å².